The molecule has 1 saturated heterocycles. The first-order valence-corrected chi connectivity index (χ1v) is 10.1. The molecular formula is C19H21FN2O3S. The van der Waals surface area contributed by atoms with Gasteiger partial charge in [0.05, 0.1) is 5.75 Å². The second-order valence-electron chi connectivity index (χ2n) is 6.41. The van der Waals surface area contributed by atoms with Gasteiger partial charge in [-0.1, -0.05) is 36.4 Å². The second kappa shape index (κ2) is 7.97. The Bertz CT molecular complexity index is 863. The Balaban J connectivity index is 1.55. The molecule has 1 fully saturated rings. The van der Waals surface area contributed by atoms with Crippen molar-refractivity contribution < 1.29 is 17.6 Å². The molecule has 2 aromatic carbocycles. The van der Waals surface area contributed by atoms with Gasteiger partial charge >= 0.3 is 0 Å². The summed E-state index contributed by atoms with van der Waals surface area (Å²) >= 11 is 0. The molecule has 0 saturated carbocycles. The van der Waals surface area contributed by atoms with Crippen molar-refractivity contribution in [1.82, 2.24) is 4.31 Å². The summed E-state index contributed by atoms with van der Waals surface area (Å²) in [5.41, 5.74) is 1.16. The van der Waals surface area contributed by atoms with E-state index in [0.717, 1.165) is 5.56 Å². The van der Waals surface area contributed by atoms with Crippen LogP contribution in [0.5, 0.6) is 0 Å². The molecule has 0 radical (unpaired) electrons. The molecule has 138 valence electrons. The van der Waals surface area contributed by atoms with Gasteiger partial charge in [0.25, 0.3) is 0 Å². The van der Waals surface area contributed by atoms with Crippen LogP contribution in [0.15, 0.2) is 54.6 Å². The zero-order chi connectivity index (χ0) is 18.6. The minimum absolute atomic E-state index is 0.0337. The summed E-state index contributed by atoms with van der Waals surface area (Å²) in [7, 11) is -3.40. The van der Waals surface area contributed by atoms with Crippen LogP contribution in [0.3, 0.4) is 0 Å². The van der Waals surface area contributed by atoms with Crippen LogP contribution in [-0.2, 0) is 20.6 Å². The van der Waals surface area contributed by atoms with Crippen molar-refractivity contribution in [2.75, 3.05) is 18.4 Å². The zero-order valence-electron chi connectivity index (χ0n) is 14.3. The monoisotopic (exact) mass is 376 g/mol. The van der Waals surface area contributed by atoms with Gasteiger partial charge in [0, 0.05) is 24.7 Å². The van der Waals surface area contributed by atoms with Crippen LogP contribution in [0, 0.1) is 11.7 Å². The van der Waals surface area contributed by atoms with E-state index < -0.39 is 15.8 Å². The van der Waals surface area contributed by atoms with Gasteiger partial charge in [0.15, 0.2) is 0 Å². The molecule has 0 aliphatic carbocycles. The number of hydrogen-bond donors (Lipinski definition) is 1. The molecule has 1 aliphatic heterocycles. The number of amides is 1. The average molecular weight is 376 g/mol. The molecule has 1 aliphatic rings. The SMILES string of the molecule is O=C(Nc1cccc(F)c1)C1CCN(S(=O)(=O)Cc2ccccc2)CC1. The van der Waals surface area contributed by atoms with Gasteiger partial charge in [0.1, 0.15) is 5.82 Å². The average Bonchev–Trinajstić information content (AvgIpc) is 2.62. The molecule has 0 spiro atoms. The first kappa shape index (κ1) is 18.5. The lowest BCUT2D eigenvalue weighted by molar-refractivity contribution is -0.120. The van der Waals surface area contributed by atoms with Crippen molar-refractivity contribution in [3.8, 4) is 0 Å². The molecule has 0 bridgehead atoms. The minimum Gasteiger partial charge on any atom is -0.326 e. The molecule has 0 atom stereocenters. The first-order chi connectivity index (χ1) is 12.4. The second-order valence-corrected chi connectivity index (χ2v) is 8.38. The molecule has 26 heavy (non-hydrogen) atoms. The number of carbonyl (C=O) groups excluding carboxylic acids is 1. The Hall–Kier alpha value is -2.25. The van der Waals surface area contributed by atoms with Gasteiger partial charge in [-0.3, -0.25) is 4.79 Å². The molecule has 0 unspecified atom stereocenters. The van der Waals surface area contributed by atoms with Crippen LogP contribution in [0.2, 0.25) is 0 Å². The lowest BCUT2D eigenvalue weighted by Crippen LogP contribution is -2.41. The Kier molecular flexibility index (Phi) is 5.68. The molecule has 0 aromatic heterocycles. The summed E-state index contributed by atoms with van der Waals surface area (Å²) in [6, 6.07) is 14.8. The fourth-order valence-electron chi connectivity index (χ4n) is 3.08. The molecular weight excluding hydrogens is 355 g/mol. The zero-order valence-corrected chi connectivity index (χ0v) is 15.1. The highest BCUT2D eigenvalue weighted by Crippen LogP contribution is 2.23. The first-order valence-electron chi connectivity index (χ1n) is 8.52. The van der Waals surface area contributed by atoms with Crippen molar-refractivity contribution in [1.29, 1.82) is 0 Å². The highest BCUT2D eigenvalue weighted by molar-refractivity contribution is 7.88. The third-order valence-electron chi connectivity index (χ3n) is 4.50. The maximum Gasteiger partial charge on any atom is 0.227 e. The predicted molar refractivity (Wildman–Crippen MR) is 98.4 cm³/mol. The molecule has 5 nitrogen and oxygen atoms in total. The Morgan fingerprint density at radius 3 is 2.42 bits per heavy atom. The van der Waals surface area contributed by atoms with E-state index in [1.807, 2.05) is 18.2 Å². The standard InChI is InChI=1S/C19H21FN2O3S/c20-17-7-4-8-18(13-17)21-19(23)16-9-11-22(12-10-16)26(24,25)14-15-5-2-1-3-6-15/h1-8,13,16H,9-12,14H2,(H,21,23). The fourth-order valence-corrected chi connectivity index (χ4v) is 4.65. The summed E-state index contributed by atoms with van der Waals surface area (Å²) in [5.74, 6) is -0.921. The number of nitrogens with zero attached hydrogens (tertiary/aromatic N) is 1. The normalized spacial score (nSPS) is 16.3. The smallest absolute Gasteiger partial charge is 0.227 e. The number of hydrogen-bond acceptors (Lipinski definition) is 3. The number of carbonyl (C=O) groups is 1. The van der Waals surface area contributed by atoms with Gasteiger partial charge in [-0.2, -0.15) is 0 Å². The lowest BCUT2D eigenvalue weighted by atomic mass is 9.97. The van der Waals surface area contributed by atoms with Crippen molar-refractivity contribution in [3.63, 3.8) is 0 Å². The van der Waals surface area contributed by atoms with Crippen LogP contribution < -0.4 is 5.32 Å². The number of halogens is 1. The van der Waals surface area contributed by atoms with Crippen molar-refractivity contribution in [2.45, 2.75) is 18.6 Å². The Labute approximate surface area is 152 Å². The third kappa shape index (κ3) is 4.68. The van der Waals surface area contributed by atoms with Gasteiger partial charge < -0.3 is 5.32 Å². The highest BCUT2D eigenvalue weighted by atomic mass is 32.2. The quantitative estimate of drug-likeness (QED) is 0.872. The maximum atomic E-state index is 13.2. The van der Waals surface area contributed by atoms with Crippen molar-refractivity contribution in [2.24, 2.45) is 5.92 Å². The van der Waals surface area contributed by atoms with Crippen molar-refractivity contribution >= 4 is 21.6 Å². The molecule has 3 rings (SSSR count). The van der Waals surface area contributed by atoms with E-state index in [1.165, 1.54) is 22.5 Å². The van der Waals surface area contributed by atoms with Crippen LogP contribution in [0.4, 0.5) is 10.1 Å². The summed E-state index contributed by atoms with van der Waals surface area (Å²) in [5, 5.41) is 2.70. The largest absolute Gasteiger partial charge is 0.326 e. The number of anilines is 1. The van der Waals surface area contributed by atoms with E-state index in [1.54, 1.807) is 18.2 Å². The van der Waals surface area contributed by atoms with E-state index in [-0.39, 0.29) is 17.6 Å². The highest BCUT2D eigenvalue weighted by Gasteiger charge is 2.31. The summed E-state index contributed by atoms with van der Waals surface area (Å²) in [6.07, 6.45) is 0.907. The van der Waals surface area contributed by atoms with E-state index in [9.17, 15) is 17.6 Å². The number of nitrogens with one attached hydrogen (secondary N) is 1. The lowest BCUT2D eigenvalue weighted by Gasteiger charge is -2.30. The van der Waals surface area contributed by atoms with E-state index in [4.69, 9.17) is 0 Å². The summed E-state index contributed by atoms with van der Waals surface area (Å²) in [6.45, 7) is 0.632. The van der Waals surface area contributed by atoms with Gasteiger partial charge in [0.2, 0.25) is 15.9 Å². The number of rotatable bonds is 5. The van der Waals surface area contributed by atoms with E-state index >= 15 is 0 Å². The molecule has 1 N–H and O–H groups in total. The topological polar surface area (TPSA) is 66.5 Å². The summed E-state index contributed by atoms with van der Waals surface area (Å²) in [4.78, 5) is 12.3. The Morgan fingerprint density at radius 2 is 1.77 bits per heavy atom. The van der Waals surface area contributed by atoms with Crippen molar-refractivity contribution in [3.05, 3.63) is 66.0 Å². The van der Waals surface area contributed by atoms with Crippen LogP contribution >= 0.6 is 0 Å². The van der Waals surface area contributed by atoms with Crippen LogP contribution in [0.1, 0.15) is 18.4 Å². The van der Waals surface area contributed by atoms with Gasteiger partial charge in [-0.15, -0.1) is 0 Å². The van der Waals surface area contributed by atoms with E-state index in [0.29, 0.717) is 31.6 Å². The van der Waals surface area contributed by atoms with Crippen LogP contribution in [-0.4, -0.2) is 31.7 Å². The fraction of sp³-hybridized carbons (Fsp3) is 0.316. The number of benzene rings is 2. The molecule has 1 heterocycles. The predicted octanol–water partition coefficient (Wildman–Crippen LogP) is 3.01. The third-order valence-corrected chi connectivity index (χ3v) is 6.35. The molecule has 2 aromatic rings. The summed E-state index contributed by atoms with van der Waals surface area (Å²) < 4.78 is 39.7. The molecule has 1 amide bonds. The Morgan fingerprint density at radius 1 is 1.08 bits per heavy atom. The van der Waals surface area contributed by atoms with E-state index in [2.05, 4.69) is 5.32 Å². The molecule has 7 heteroatoms. The van der Waals surface area contributed by atoms with Crippen LogP contribution in [0.25, 0.3) is 0 Å². The maximum absolute atomic E-state index is 13.2. The minimum atomic E-state index is -3.40. The number of sulfonamides is 1. The van der Waals surface area contributed by atoms with Gasteiger partial charge in [-0.05, 0) is 36.6 Å². The number of piperidine rings is 1. The van der Waals surface area contributed by atoms with Gasteiger partial charge in [-0.25, -0.2) is 17.1 Å².